The minimum atomic E-state index is 0.345. The molecule has 3 heteroatoms. The second kappa shape index (κ2) is 7.77. The molecule has 1 saturated heterocycles. The van der Waals surface area contributed by atoms with Crippen molar-refractivity contribution < 1.29 is 0 Å². The molecule has 1 aromatic rings. The standard InChI is InChI=1S/C17H29N3/c1-15(2)17(18)8-9-19-10-12-20(13-11-19)14-16-6-4-3-5-7-16/h3-7,15,17H,8-14,18H2,1-2H3. The zero-order valence-corrected chi connectivity index (χ0v) is 13.0. The molecule has 0 amide bonds. The number of hydrogen-bond acceptors (Lipinski definition) is 3. The Labute approximate surface area is 123 Å². The van der Waals surface area contributed by atoms with Gasteiger partial charge in [-0.1, -0.05) is 44.2 Å². The van der Waals surface area contributed by atoms with Gasteiger partial charge in [-0.05, 0) is 24.4 Å². The quantitative estimate of drug-likeness (QED) is 0.863. The molecule has 0 radical (unpaired) electrons. The van der Waals surface area contributed by atoms with Gasteiger partial charge in [0.15, 0.2) is 0 Å². The molecule has 0 aromatic heterocycles. The molecule has 0 spiro atoms. The lowest BCUT2D eigenvalue weighted by atomic mass is 10.0. The van der Waals surface area contributed by atoms with E-state index in [0.717, 1.165) is 19.5 Å². The lowest BCUT2D eigenvalue weighted by Crippen LogP contribution is -2.47. The summed E-state index contributed by atoms with van der Waals surface area (Å²) in [5, 5.41) is 0. The predicted octanol–water partition coefficient (Wildman–Crippen LogP) is 2.18. The molecule has 1 unspecified atom stereocenters. The minimum absolute atomic E-state index is 0.345. The third-order valence-electron chi connectivity index (χ3n) is 4.35. The van der Waals surface area contributed by atoms with Crippen molar-refractivity contribution >= 4 is 0 Å². The van der Waals surface area contributed by atoms with Crippen LogP contribution in [0.5, 0.6) is 0 Å². The van der Waals surface area contributed by atoms with Crippen LogP contribution >= 0.6 is 0 Å². The molecule has 0 aliphatic carbocycles. The maximum Gasteiger partial charge on any atom is 0.0234 e. The first-order chi connectivity index (χ1) is 9.65. The van der Waals surface area contributed by atoms with E-state index in [0.29, 0.717) is 12.0 Å². The Morgan fingerprint density at radius 1 is 1.00 bits per heavy atom. The average molecular weight is 275 g/mol. The van der Waals surface area contributed by atoms with Crippen LogP contribution in [0.3, 0.4) is 0 Å². The van der Waals surface area contributed by atoms with Crippen molar-refractivity contribution in [2.24, 2.45) is 11.7 Å². The normalized spacial score (nSPS) is 19.4. The number of rotatable bonds is 6. The first-order valence-corrected chi connectivity index (χ1v) is 7.89. The number of nitrogens with zero attached hydrogens (tertiary/aromatic N) is 2. The van der Waals surface area contributed by atoms with Gasteiger partial charge in [0.2, 0.25) is 0 Å². The largest absolute Gasteiger partial charge is 0.327 e. The van der Waals surface area contributed by atoms with Gasteiger partial charge in [0.05, 0.1) is 0 Å². The molecule has 20 heavy (non-hydrogen) atoms. The van der Waals surface area contributed by atoms with Crippen LogP contribution in [0.15, 0.2) is 30.3 Å². The highest BCUT2D eigenvalue weighted by Crippen LogP contribution is 2.10. The molecular formula is C17H29N3. The third-order valence-corrected chi connectivity index (χ3v) is 4.35. The lowest BCUT2D eigenvalue weighted by molar-refractivity contribution is 0.123. The van der Waals surface area contributed by atoms with Crippen molar-refractivity contribution in [2.75, 3.05) is 32.7 Å². The Morgan fingerprint density at radius 2 is 1.60 bits per heavy atom. The summed E-state index contributed by atoms with van der Waals surface area (Å²) in [6.45, 7) is 11.4. The predicted molar refractivity (Wildman–Crippen MR) is 85.6 cm³/mol. The van der Waals surface area contributed by atoms with Crippen molar-refractivity contribution in [1.29, 1.82) is 0 Å². The number of nitrogens with two attached hydrogens (primary N) is 1. The van der Waals surface area contributed by atoms with Crippen molar-refractivity contribution in [3.05, 3.63) is 35.9 Å². The first kappa shape index (κ1) is 15.5. The van der Waals surface area contributed by atoms with Gasteiger partial charge in [-0.25, -0.2) is 0 Å². The molecule has 1 aliphatic heterocycles. The van der Waals surface area contributed by atoms with Gasteiger partial charge in [0.25, 0.3) is 0 Å². The molecule has 1 heterocycles. The summed E-state index contributed by atoms with van der Waals surface area (Å²) in [6.07, 6.45) is 1.12. The van der Waals surface area contributed by atoms with Crippen LogP contribution < -0.4 is 5.73 Å². The van der Waals surface area contributed by atoms with Gasteiger partial charge in [0, 0.05) is 38.8 Å². The summed E-state index contributed by atoms with van der Waals surface area (Å²) < 4.78 is 0. The highest BCUT2D eigenvalue weighted by atomic mass is 15.3. The molecular weight excluding hydrogens is 246 g/mol. The Morgan fingerprint density at radius 3 is 2.20 bits per heavy atom. The van der Waals surface area contributed by atoms with E-state index in [9.17, 15) is 0 Å². The zero-order valence-electron chi connectivity index (χ0n) is 13.0. The first-order valence-electron chi connectivity index (χ1n) is 7.89. The fourth-order valence-corrected chi connectivity index (χ4v) is 2.68. The maximum atomic E-state index is 6.13. The molecule has 2 rings (SSSR count). The lowest BCUT2D eigenvalue weighted by Gasteiger charge is -2.35. The van der Waals surface area contributed by atoms with Gasteiger partial charge in [0.1, 0.15) is 0 Å². The van der Waals surface area contributed by atoms with E-state index >= 15 is 0 Å². The number of hydrogen-bond donors (Lipinski definition) is 1. The Kier molecular flexibility index (Phi) is 6.02. The molecule has 1 atom stereocenters. The molecule has 2 N–H and O–H groups in total. The second-order valence-electron chi connectivity index (χ2n) is 6.30. The van der Waals surface area contributed by atoms with E-state index in [-0.39, 0.29) is 0 Å². The van der Waals surface area contributed by atoms with Crippen LogP contribution in [-0.2, 0) is 6.54 Å². The van der Waals surface area contributed by atoms with Gasteiger partial charge in [-0.2, -0.15) is 0 Å². The summed E-state index contributed by atoms with van der Waals surface area (Å²) in [6, 6.07) is 11.1. The van der Waals surface area contributed by atoms with E-state index in [1.54, 1.807) is 0 Å². The van der Waals surface area contributed by atoms with Crippen LogP contribution in [0.4, 0.5) is 0 Å². The van der Waals surface area contributed by atoms with Crippen molar-refractivity contribution in [2.45, 2.75) is 32.9 Å². The van der Waals surface area contributed by atoms with E-state index < -0.39 is 0 Å². The molecule has 1 fully saturated rings. The summed E-state index contributed by atoms with van der Waals surface area (Å²) in [5.74, 6) is 0.592. The van der Waals surface area contributed by atoms with Crippen molar-refractivity contribution in [3.8, 4) is 0 Å². The smallest absolute Gasteiger partial charge is 0.0234 e. The van der Waals surface area contributed by atoms with Crippen LogP contribution in [0.1, 0.15) is 25.8 Å². The van der Waals surface area contributed by atoms with Gasteiger partial charge in [-0.3, -0.25) is 4.90 Å². The summed E-state index contributed by atoms with van der Waals surface area (Å²) in [7, 11) is 0. The topological polar surface area (TPSA) is 32.5 Å². The van der Waals surface area contributed by atoms with Crippen LogP contribution in [0.25, 0.3) is 0 Å². The molecule has 0 bridgehead atoms. The Bertz CT molecular complexity index is 369. The van der Waals surface area contributed by atoms with E-state index in [2.05, 4.69) is 54.0 Å². The van der Waals surface area contributed by atoms with Crippen molar-refractivity contribution in [3.63, 3.8) is 0 Å². The number of benzene rings is 1. The molecule has 1 aromatic carbocycles. The molecule has 0 saturated carbocycles. The highest BCUT2D eigenvalue weighted by molar-refractivity contribution is 5.14. The average Bonchev–Trinajstić information content (AvgIpc) is 2.47. The Hall–Kier alpha value is -0.900. The fourth-order valence-electron chi connectivity index (χ4n) is 2.68. The van der Waals surface area contributed by atoms with Gasteiger partial charge < -0.3 is 10.6 Å². The maximum absolute atomic E-state index is 6.13. The van der Waals surface area contributed by atoms with Gasteiger partial charge >= 0.3 is 0 Å². The fraction of sp³-hybridized carbons (Fsp3) is 0.647. The zero-order chi connectivity index (χ0) is 14.4. The summed E-state index contributed by atoms with van der Waals surface area (Å²) in [4.78, 5) is 5.11. The number of piperazine rings is 1. The molecule has 3 nitrogen and oxygen atoms in total. The molecule has 112 valence electrons. The summed E-state index contributed by atoms with van der Waals surface area (Å²) >= 11 is 0. The highest BCUT2D eigenvalue weighted by Gasteiger charge is 2.18. The van der Waals surface area contributed by atoms with Crippen molar-refractivity contribution in [1.82, 2.24) is 9.80 Å². The van der Waals surface area contributed by atoms with E-state index in [1.807, 2.05) is 0 Å². The third kappa shape index (κ3) is 4.89. The summed E-state index contributed by atoms with van der Waals surface area (Å²) in [5.41, 5.74) is 7.55. The SMILES string of the molecule is CC(C)C(N)CCN1CCN(Cc2ccccc2)CC1. The van der Waals surface area contributed by atoms with Crippen LogP contribution in [0, 0.1) is 5.92 Å². The van der Waals surface area contributed by atoms with E-state index in [4.69, 9.17) is 5.73 Å². The van der Waals surface area contributed by atoms with Crippen LogP contribution in [0.2, 0.25) is 0 Å². The Balaban J connectivity index is 1.67. The monoisotopic (exact) mass is 275 g/mol. The second-order valence-corrected chi connectivity index (χ2v) is 6.30. The van der Waals surface area contributed by atoms with E-state index in [1.165, 1.54) is 31.7 Å². The van der Waals surface area contributed by atoms with Gasteiger partial charge in [-0.15, -0.1) is 0 Å². The van der Waals surface area contributed by atoms with Crippen LogP contribution in [-0.4, -0.2) is 48.6 Å². The molecule has 1 aliphatic rings. The minimum Gasteiger partial charge on any atom is -0.327 e.